The van der Waals surface area contributed by atoms with Gasteiger partial charge in [0.2, 0.25) is 0 Å². The molecule has 0 bridgehead atoms. The van der Waals surface area contributed by atoms with Gasteiger partial charge < -0.3 is 13.9 Å². The van der Waals surface area contributed by atoms with Crippen molar-refractivity contribution in [3.63, 3.8) is 0 Å². The highest BCUT2D eigenvalue weighted by atomic mass is 16.3. The van der Waals surface area contributed by atoms with Crippen LogP contribution >= 0.6 is 0 Å². The van der Waals surface area contributed by atoms with Crippen LogP contribution in [0, 0.1) is 0 Å². The molecule has 0 aliphatic rings. The highest BCUT2D eigenvalue weighted by Crippen LogP contribution is 2.44. The van der Waals surface area contributed by atoms with E-state index in [0.717, 1.165) is 77.6 Å². The Morgan fingerprint density at radius 1 is 0.471 bits per heavy atom. The van der Waals surface area contributed by atoms with Gasteiger partial charge in [0.05, 0.1) is 23.6 Å². The molecule has 2 heterocycles. The van der Waals surface area contributed by atoms with E-state index in [1.54, 1.807) is 0 Å². The second-order valence-electron chi connectivity index (χ2n) is 12.6. The van der Waals surface area contributed by atoms with Gasteiger partial charge in [-0.25, -0.2) is 0 Å². The van der Waals surface area contributed by atoms with Crippen molar-refractivity contribution in [3.8, 4) is 27.9 Å². The first kappa shape index (κ1) is 24.3. The van der Waals surface area contributed by atoms with E-state index in [4.69, 9.17) is 11.3 Å². The van der Waals surface area contributed by atoms with E-state index in [9.17, 15) is 0 Å². The fraction of sp³-hybridized carbons (Fsp3) is 0. The first-order valence-corrected chi connectivity index (χ1v) is 16.9. The lowest BCUT2D eigenvalue weighted by Gasteiger charge is -2.27. The molecule has 10 rings (SSSR count). The molecule has 0 saturated heterocycles. The molecule has 0 radical (unpaired) electrons. The quantitative estimate of drug-likeness (QED) is 0.177. The molecule has 0 saturated carbocycles. The zero-order valence-electron chi connectivity index (χ0n) is 32.4. The fourth-order valence-corrected chi connectivity index (χ4v) is 7.39. The van der Waals surface area contributed by atoms with Gasteiger partial charge in [-0.15, -0.1) is 0 Å². The van der Waals surface area contributed by atoms with Crippen molar-refractivity contribution in [2.45, 2.75) is 0 Å². The van der Waals surface area contributed by atoms with Crippen LogP contribution < -0.4 is 4.90 Å². The van der Waals surface area contributed by atoms with Gasteiger partial charge in [0.25, 0.3) is 0 Å². The number of aromatic nitrogens is 1. The maximum atomic E-state index is 8.61. The van der Waals surface area contributed by atoms with Crippen molar-refractivity contribution in [3.05, 3.63) is 194 Å². The Morgan fingerprint density at radius 2 is 1.10 bits per heavy atom. The topological polar surface area (TPSA) is 21.3 Å². The van der Waals surface area contributed by atoms with Gasteiger partial charge >= 0.3 is 0 Å². The number of anilines is 3. The smallest absolute Gasteiger partial charge is 0.143 e. The summed E-state index contributed by atoms with van der Waals surface area (Å²) in [6.45, 7) is 0. The minimum atomic E-state index is -0.409. The van der Waals surface area contributed by atoms with E-state index in [-0.39, 0.29) is 29.7 Å². The van der Waals surface area contributed by atoms with Crippen molar-refractivity contribution in [1.82, 2.24) is 4.57 Å². The molecular formula is C48H32N2O. The third-order valence-corrected chi connectivity index (χ3v) is 9.68. The van der Waals surface area contributed by atoms with Crippen LogP contribution in [0.5, 0.6) is 0 Å². The number of hydrogen-bond donors (Lipinski definition) is 0. The molecule has 0 aliphatic carbocycles. The molecule has 0 N–H and O–H groups in total. The molecule has 51 heavy (non-hydrogen) atoms. The molecule has 3 heteroatoms. The van der Waals surface area contributed by atoms with Crippen LogP contribution in [0.2, 0.25) is 0 Å². The maximum Gasteiger partial charge on any atom is 0.143 e. The summed E-state index contributed by atoms with van der Waals surface area (Å²) < 4.78 is 50.5. The summed E-state index contributed by atoms with van der Waals surface area (Å²) in [5, 5.41) is 4.40. The van der Waals surface area contributed by atoms with E-state index in [0.29, 0.717) is 5.56 Å². The first-order valence-electron chi connectivity index (χ1n) is 19.4. The van der Waals surface area contributed by atoms with Crippen molar-refractivity contribution in [2.24, 2.45) is 0 Å². The minimum Gasteiger partial charge on any atom is -0.455 e. The predicted molar refractivity (Wildman–Crippen MR) is 214 cm³/mol. The summed E-state index contributed by atoms with van der Waals surface area (Å²) in [6, 6.07) is 54.0. The molecule has 0 aliphatic heterocycles. The Labute approximate surface area is 302 Å². The van der Waals surface area contributed by atoms with E-state index in [1.807, 2.05) is 48.5 Å². The Morgan fingerprint density at radius 3 is 1.88 bits per heavy atom. The standard InChI is InChI=1S/C48H32N2O/c1-3-13-33(14-4-1)34-25-29-37(30-26-34)49(38-31-27-35(28-32-38)39-19-11-21-43-41-18-8-10-24-46(41)51-48(39)43)45-23-12-20-42-40-17-7-9-22-44(40)50(47(42)45)36-15-5-2-6-16-36/h1-32H/i1D,3D,4D,13D,14D. The molecule has 0 spiro atoms. The van der Waals surface area contributed by atoms with Gasteiger partial charge in [-0.2, -0.15) is 0 Å². The number of hydrogen-bond acceptors (Lipinski definition) is 2. The van der Waals surface area contributed by atoms with Crippen LogP contribution in [0.25, 0.3) is 71.7 Å². The minimum absolute atomic E-state index is 0.171. The highest BCUT2D eigenvalue weighted by molar-refractivity contribution is 6.14. The van der Waals surface area contributed by atoms with E-state index in [2.05, 4.69) is 125 Å². The van der Waals surface area contributed by atoms with E-state index in [1.165, 1.54) is 0 Å². The molecule has 2 aromatic heterocycles. The summed E-state index contributed by atoms with van der Waals surface area (Å²) in [5.74, 6) is 0. The Kier molecular flexibility index (Phi) is 5.69. The summed E-state index contributed by atoms with van der Waals surface area (Å²) in [6.07, 6.45) is 0. The summed E-state index contributed by atoms with van der Waals surface area (Å²) >= 11 is 0. The van der Waals surface area contributed by atoms with Crippen molar-refractivity contribution >= 4 is 60.8 Å². The number of benzene rings is 8. The lowest BCUT2D eigenvalue weighted by atomic mass is 10.0. The number of nitrogens with zero attached hydrogens (tertiary/aromatic N) is 2. The largest absolute Gasteiger partial charge is 0.455 e. The van der Waals surface area contributed by atoms with Crippen LogP contribution in [0.15, 0.2) is 198 Å². The Balaban J connectivity index is 1.18. The molecule has 0 amide bonds. The molecule has 0 fully saturated rings. The number of para-hydroxylation sites is 5. The van der Waals surface area contributed by atoms with Crippen molar-refractivity contribution in [1.29, 1.82) is 0 Å². The van der Waals surface area contributed by atoms with Crippen LogP contribution in [-0.2, 0) is 0 Å². The van der Waals surface area contributed by atoms with Crippen molar-refractivity contribution in [2.75, 3.05) is 4.90 Å². The summed E-state index contributed by atoms with van der Waals surface area (Å²) in [5.41, 5.74) is 10.3. The summed E-state index contributed by atoms with van der Waals surface area (Å²) in [7, 11) is 0. The number of furan rings is 1. The highest BCUT2D eigenvalue weighted by Gasteiger charge is 2.22. The maximum absolute atomic E-state index is 8.61. The molecule has 10 aromatic rings. The van der Waals surface area contributed by atoms with E-state index >= 15 is 0 Å². The van der Waals surface area contributed by atoms with Gasteiger partial charge in [-0.3, -0.25) is 0 Å². The third-order valence-electron chi connectivity index (χ3n) is 9.68. The second-order valence-corrected chi connectivity index (χ2v) is 12.6. The van der Waals surface area contributed by atoms with Gasteiger partial charge in [0, 0.05) is 44.2 Å². The van der Waals surface area contributed by atoms with Crippen LogP contribution in [0.4, 0.5) is 17.1 Å². The zero-order valence-corrected chi connectivity index (χ0v) is 27.4. The van der Waals surface area contributed by atoms with Crippen LogP contribution in [-0.4, -0.2) is 4.57 Å². The van der Waals surface area contributed by atoms with Crippen molar-refractivity contribution < 1.29 is 11.3 Å². The van der Waals surface area contributed by atoms with Gasteiger partial charge in [0.1, 0.15) is 11.2 Å². The number of rotatable bonds is 6. The first-order chi connectivity index (χ1) is 27.4. The average Bonchev–Trinajstić information content (AvgIpc) is 3.80. The molecule has 240 valence electrons. The van der Waals surface area contributed by atoms with Gasteiger partial charge in [-0.1, -0.05) is 139 Å². The fourth-order valence-electron chi connectivity index (χ4n) is 7.39. The molecule has 0 atom stereocenters. The van der Waals surface area contributed by atoms with E-state index < -0.39 is 6.04 Å². The summed E-state index contributed by atoms with van der Waals surface area (Å²) in [4.78, 5) is 2.22. The Hall–Kier alpha value is -6.84. The normalized spacial score (nSPS) is 12.9. The van der Waals surface area contributed by atoms with Crippen LogP contribution in [0.3, 0.4) is 0 Å². The Bertz CT molecular complexity index is 3100. The monoisotopic (exact) mass is 657 g/mol. The third kappa shape index (κ3) is 4.82. The number of fused-ring (bicyclic) bond motifs is 6. The predicted octanol–water partition coefficient (Wildman–Crippen LogP) is 13.5. The lowest BCUT2D eigenvalue weighted by molar-refractivity contribution is 0.670. The molecule has 0 unspecified atom stereocenters. The second kappa shape index (κ2) is 11.9. The van der Waals surface area contributed by atoms with Crippen LogP contribution in [0.1, 0.15) is 6.85 Å². The zero-order chi connectivity index (χ0) is 38.1. The molecule has 8 aromatic carbocycles. The SMILES string of the molecule is [2H]c1c([2H])c([2H])c(-c2ccc(N(c3ccc(-c4cccc5c4oc4ccccc45)cc3)c3cccc4c5ccccc5n(-c5ccccc5)c34)cc2)c([2H])c1[2H]. The molecule has 3 nitrogen and oxygen atoms in total. The molecular weight excluding hydrogens is 621 g/mol. The van der Waals surface area contributed by atoms with Gasteiger partial charge in [0.15, 0.2) is 0 Å². The van der Waals surface area contributed by atoms with Gasteiger partial charge in [-0.05, 0) is 71.3 Å². The average molecular weight is 658 g/mol. The lowest BCUT2D eigenvalue weighted by Crippen LogP contribution is -2.11.